The van der Waals surface area contributed by atoms with Crippen molar-refractivity contribution in [2.45, 2.75) is 25.8 Å². The van der Waals surface area contributed by atoms with Gasteiger partial charge < -0.3 is 19.6 Å². The van der Waals surface area contributed by atoms with Crippen LogP contribution in [0, 0.1) is 5.92 Å². The average Bonchev–Trinajstić information content (AvgIpc) is 3.02. The Morgan fingerprint density at radius 3 is 2.84 bits per heavy atom. The zero-order chi connectivity index (χ0) is 17.4. The predicted octanol–water partition coefficient (Wildman–Crippen LogP) is 2.05. The Morgan fingerprint density at radius 1 is 1.32 bits per heavy atom. The third-order valence-electron chi connectivity index (χ3n) is 5.31. The fourth-order valence-electron chi connectivity index (χ4n) is 3.75. The van der Waals surface area contributed by atoms with E-state index in [1.165, 1.54) is 0 Å². The Morgan fingerprint density at radius 2 is 2.12 bits per heavy atom. The lowest BCUT2D eigenvalue weighted by molar-refractivity contribution is 0.0986. The van der Waals surface area contributed by atoms with Gasteiger partial charge in [-0.15, -0.1) is 0 Å². The maximum atomic E-state index is 9.38. The van der Waals surface area contributed by atoms with Crippen molar-refractivity contribution in [3.63, 3.8) is 0 Å². The van der Waals surface area contributed by atoms with Crippen LogP contribution in [-0.2, 0) is 4.74 Å². The number of H-pyrrole nitrogens is 1. The molecule has 4 rings (SSSR count). The molecular formula is C17H24ClN5O2. The molecule has 4 heterocycles. The summed E-state index contributed by atoms with van der Waals surface area (Å²) in [4.78, 5) is 9.38. The quantitative estimate of drug-likeness (QED) is 0.866. The lowest BCUT2D eigenvalue weighted by atomic mass is 9.97. The van der Waals surface area contributed by atoms with Crippen LogP contribution in [0.5, 0.6) is 0 Å². The number of pyridine rings is 1. The van der Waals surface area contributed by atoms with E-state index in [0.717, 1.165) is 55.0 Å². The summed E-state index contributed by atoms with van der Waals surface area (Å²) in [5.74, 6) is 1.32. The van der Waals surface area contributed by atoms with E-state index in [2.05, 4.69) is 33.0 Å². The fourth-order valence-corrected chi connectivity index (χ4v) is 3.92. The van der Waals surface area contributed by atoms with Gasteiger partial charge in [-0.1, -0.05) is 11.6 Å². The summed E-state index contributed by atoms with van der Waals surface area (Å²) in [5, 5.41) is 17.1. The Hall–Kier alpha value is -1.57. The lowest BCUT2D eigenvalue weighted by Gasteiger charge is -2.36. The molecule has 8 heteroatoms. The van der Waals surface area contributed by atoms with E-state index in [1.54, 1.807) is 0 Å². The van der Waals surface area contributed by atoms with Crippen molar-refractivity contribution >= 4 is 34.1 Å². The predicted molar refractivity (Wildman–Crippen MR) is 98.5 cm³/mol. The van der Waals surface area contributed by atoms with E-state index < -0.39 is 0 Å². The number of fused-ring (bicyclic) bond motifs is 1. The van der Waals surface area contributed by atoms with Crippen LogP contribution in [0.3, 0.4) is 0 Å². The number of hydrogen-bond acceptors (Lipinski definition) is 6. The number of nitrogens with one attached hydrogen (secondary N) is 1. The van der Waals surface area contributed by atoms with Crippen LogP contribution in [0.2, 0.25) is 5.15 Å². The smallest absolute Gasteiger partial charge is 0.150 e. The number of ether oxygens (including phenoxy) is 1. The molecule has 0 bridgehead atoms. The second-order valence-electron chi connectivity index (χ2n) is 6.96. The maximum Gasteiger partial charge on any atom is 0.150 e. The molecule has 2 aliphatic heterocycles. The zero-order valence-corrected chi connectivity index (χ0v) is 15.2. The first-order chi connectivity index (χ1) is 12.2. The van der Waals surface area contributed by atoms with Crippen molar-refractivity contribution in [1.29, 1.82) is 0 Å². The standard InChI is InChI=1S/C17H24ClN5O2/c1-11-10-25-7-6-23(11)14-8-13(15-16(19-14)17(18)21-20-15)22-4-2-12(9-24)3-5-22/h8,11-12,24H,2-7,9-10H2,1H3,(H,20,21)/t11-/m1/s1. The van der Waals surface area contributed by atoms with Crippen molar-refractivity contribution in [2.24, 2.45) is 5.92 Å². The van der Waals surface area contributed by atoms with E-state index in [9.17, 15) is 5.11 Å². The van der Waals surface area contributed by atoms with E-state index in [-0.39, 0.29) is 12.6 Å². The molecule has 0 radical (unpaired) electrons. The Kier molecular flexibility index (Phi) is 4.71. The molecule has 2 saturated heterocycles. The number of aromatic amines is 1. The minimum Gasteiger partial charge on any atom is -0.396 e. The third-order valence-corrected chi connectivity index (χ3v) is 5.57. The summed E-state index contributed by atoms with van der Waals surface area (Å²) < 4.78 is 5.55. The van der Waals surface area contributed by atoms with Crippen LogP contribution in [0.4, 0.5) is 11.5 Å². The molecule has 136 valence electrons. The molecule has 7 nitrogen and oxygen atoms in total. The molecule has 0 unspecified atom stereocenters. The SMILES string of the molecule is C[C@@H]1COCCN1c1cc(N2CCC(CO)CC2)c2n[nH]c(Cl)c2n1. The van der Waals surface area contributed by atoms with E-state index >= 15 is 0 Å². The summed E-state index contributed by atoms with van der Waals surface area (Å²) in [6, 6.07) is 2.40. The summed E-state index contributed by atoms with van der Waals surface area (Å²) in [6.07, 6.45) is 1.98. The normalized spacial score (nSPS) is 22.8. The molecule has 2 aromatic rings. The van der Waals surface area contributed by atoms with Crippen molar-refractivity contribution in [2.75, 3.05) is 49.3 Å². The van der Waals surface area contributed by atoms with Crippen LogP contribution < -0.4 is 9.80 Å². The first-order valence-corrected chi connectivity index (χ1v) is 9.30. The first kappa shape index (κ1) is 16.9. The number of aliphatic hydroxyl groups excluding tert-OH is 1. The number of anilines is 2. The number of nitrogens with zero attached hydrogens (tertiary/aromatic N) is 4. The molecule has 2 aromatic heterocycles. The molecule has 2 fully saturated rings. The lowest BCUT2D eigenvalue weighted by Crippen LogP contribution is -2.44. The van der Waals surface area contributed by atoms with Gasteiger partial charge in [0.05, 0.1) is 24.9 Å². The van der Waals surface area contributed by atoms with Gasteiger partial charge in [0.1, 0.15) is 16.9 Å². The van der Waals surface area contributed by atoms with Crippen LogP contribution in [-0.4, -0.2) is 65.8 Å². The minimum absolute atomic E-state index is 0.268. The highest BCUT2D eigenvalue weighted by Crippen LogP contribution is 2.34. The van der Waals surface area contributed by atoms with Crippen LogP contribution in [0.15, 0.2) is 6.07 Å². The number of piperidine rings is 1. The summed E-state index contributed by atoms with van der Waals surface area (Å²) in [7, 11) is 0. The minimum atomic E-state index is 0.268. The van der Waals surface area contributed by atoms with Crippen LogP contribution in [0.25, 0.3) is 11.0 Å². The molecule has 0 amide bonds. The summed E-state index contributed by atoms with van der Waals surface area (Å²) in [5.41, 5.74) is 2.60. The molecule has 0 spiro atoms. The van der Waals surface area contributed by atoms with E-state index in [1.807, 2.05) is 0 Å². The third kappa shape index (κ3) is 3.16. The Labute approximate surface area is 151 Å². The van der Waals surface area contributed by atoms with Gasteiger partial charge in [-0.3, -0.25) is 5.10 Å². The van der Waals surface area contributed by atoms with Gasteiger partial charge in [0, 0.05) is 32.3 Å². The molecule has 25 heavy (non-hydrogen) atoms. The zero-order valence-electron chi connectivity index (χ0n) is 14.4. The van der Waals surface area contributed by atoms with Crippen molar-refractivity contribution in [3.05, 3.63) is 11.2 Å². The van der Waals surface area contributed by atoms with Gasteiger partial charge in [0.2, 0.25) is 0 Å². The average molecular weight is 366 g/mol. The fraction of sp³-hybridized carbons (Fsp3) is 0.647. The number of morpholine rings is 1. The second kappa shape index (κ2) is 6.97. The highest BCUT2D eigenvalue weighted by molar-refractivity contribution is 6.34. The molecule has 0 saturated carbocycles. The van der Waals surface area contributed by atoms with Gasteiger partial charge in [-0.05, 0) is 25.7 Å². The van der Waals surface area contributed by atoms with Crippen molar-refractivity contribution < 1.29 is 9.84 Å². The van der Waals surface area contributed by atoms with Gasteiger partial charge in [0.15, 0.2) is 5.15 Å². The van der Waals surface area contributed by atoms with E-state index in [4.69, 9.17) is 21.3 Å². The molecule has 0 aromatic carbocycles. The van der Waals surface area contributed by atoms with Gasteiger partial charge in [-0.2, -0.15) is 5.10 Å². The molecule has 2 aliphatic rings. The number of aromatic nitrogens is 3. The molecule has 2 N–H and O–H groups in total. The van der Waals surface area contributed by atoms with Gasteiger partial charge in [0.25, 0.3) is 0 Å². The number of rotatable bonds is 3. The largest absolute Gasteiger partial charge is 0.396 e. The van der Waals surface area contributed by atoms with Gasteiger partial charge in [-0.25, -0.2) is 4.98 Å². The van der Waals surface area contributed by atoms with Crippen LogP contribution in [0.1, 0.15) is 19.8 Å². The van der Waals surface area contributed by atoms with Crippen LogP contribution >= 0.6 is 11.6 Å². The number of halogens is 1. The summed E-state index contributed by atoms with van der Waals surface area (Å²) in [6.45, 7) is 6.47. The van der Waals surface area contributed by atoms with Crippen molar-refractivity contribution in [3.8, 4) is 0 Å². The maximum absolute atomic E-state index is 9.38. The second-order valence-corrected chi connectivity index (χ2v) is 7.34. The Bertz CT molecular complexity index is 744. The monoisotopic (exact) mass is 365 g/mol. The van der Waals surface area contributed by atoms with E-state index in [0.29, 0.717) is 24.3 Å². The Balaban J connectivity index is 1.72. The number of aliphatic hydroxyl groups is 1. The first-order valence-electron chi connectivity index (χ1n) is 8.92. The molecule has 0 aliphatic carbocycles. The highest BCUT2D eigenvalue weighted by Gasteiger charge is 2.26. The summed E-state index contributed by atoms with van der Waals surface area (Å²) >= 11 is 6.30. The van der Waals surface area contributed by atoms with Gasteiger partial charge >= 0.3 is 0 Å². The van der Waals surface area contributed by atoms with Crippen molar-refractivity contribution in [1.82, 2.24) is 15.2 Å². The molecule has 1 atom stereocenters. The molecular weight excluding hydrogens is 342 g/mol. The topological polar surface area (TPSA) is 77.5 Å². The highest BCUT2D eigenvalue weighted by atomic mass is 35.5. The number of hydrogen-bond donors (Lipinski definition) is 2.